The maximum absolute atomic E-state index is 11.7. The molecular formula is C26H28ClN5O3S. The van der Waals surface area contributed by atoms with Crippen LogP contribution in [0.3, 0.4) is 0 Å². The summed E-state index contributed by atoms with van der Waals surface area (Å²) in [6.45, 7) is 5.67. The van der Waals surface area contributed by atoms with Crippen molar-refractivity contribution in [3.05, 3.63) is 71.5 Å². The normalized spacial score (nSPS) is 15.9. The summed E-state index contributed by atoms with van der Waals surface area (Å²) in [5.74, 6) is 1.70. The van der Waals surface area contributed by atoms with Gasteiger partial charge in [0.25, 0.3) is 0 Å². The van der Waals surface area contributed by atoms with Crippen molar-refractivity contribution in [3.8, 4) is 11.4 Å². The Kier molecular flexibility index (Phi) is 6.87. The molecule has 8 nitrogen and oxygen atoms in total. The number of nitrogens with one attached hydrogen (secondary N) is 1. The second kappa shape index (κ2) is 10.1. The Bertz CT molecular complexity index is 1470. The molecule has 10 heteroatoms. The SMILES string of the molecule is CC(C)Oc1ccc(Nc2ncc3ccn(-c4ccc(CN5CCS(=O)(=O)CC5)c(Cl)c4)c3n2)cc1. The Morgan fingerprint density at radius 3 is 2.53 bits per heavy atom. The maximum atomic E-state index is 11.7. The van der Waals surface area contributed by atoms with Gasteiger partial charge in [0.15, 0.2) is 9.84 Å². The number of benzene rings is 2. The molecule has 0 saturated carbocycles. The fourth-order valence-corrected chi connectivity index (χ4v) is 5.68. The first-order chi connectivity index (χ1) is 17.3. The second-order valence-corrected chi connectivity index (χ2v) is 11.9. The van der Waals surface area contributed by atoms with Crippen LogP contribution in [0.4, 0.5) is 11.6 Å². The molecule has 0 bridgehead atoms. The molecule has 2 aromatic heterocycles. The quantitative estimate of drug-likeness (QED) is 0.369. The number of nitrogens with zero attached hydrogens (tertiary/aromatic N) is 4. The third-order valence-electron chi connectivity index (χ3n) is 6.06. The Balaban J connectivity index is 1.34. The molecule has 1 saturated heterocycles. The summed E-state index contributed by atoms with van der Waals surface area (Å²) in [6, 6.07) is 15.6. The Morgan fingerprint density at radius 2 is 1.83 bits per heavy atom. The van der Waals surface area contributed by atoms with E-state index >= 15 is 0 Å². The first kappa shape index (κ1) is 24.5. The van der Waals surface area contributed by atoms with Gasteiger partial charge in [0.1, 0.15) is 11.4 Å². The standard InChI is InChI=1S/C26H28ClN5O3S/c1-18(2)35-23-7-4-21(5-8-23)29-26-28-16-19-9-10-32(25(19)30-26)22-6-3-20(24(27)15-22)17-31-11-13-36(33,34)14-12-31/h3-10,15-16,18H,11-14,17H2,1-2H3,(H,28,29,30). The number of anilines is 2. The lowest BCUT2D eigenvalue weighted by atomic mass is 10.2. The van der Waals surface area contributed by atoms with Crippen molar-refractivity contribution in [2.45, 2.75) is 26.5 Å². The molecule has 1 aliphatic rings. The van der Waals surface area contributed by atoms with E-state index in [9.17, 15) is 8.42 Å². The van der Waals surface area contributed by atoms with Crippen LogP contribution < -0.4 is 10.1 Å². The minimum absolute atomic E-state index is 0.119. The molecule has 36 heavy (non-hydrogen) atoms. The summed E-state index contributed by atoms with van der Waals surface area (Å²) >= 11 is 6.64. The van der Waals surface area contributed by atoms with Gasteiger partial charge >= 0.3 is 0 Å². The largest absolute Gasteiger partial charge is 0.491 e. The van der Waals surface area contributed by atoms with Crippen LogP contribution in [0.2, 0.25) is 5.02 Å². The average Bonchev–Trinajstić information content (AvgIpc) is 3.26. The van der Waals surface area contributed by atoms with E-state index < -0.39 is 9.84 Å². The first-order valence-corrected chi connectivity index (χ1v) is 14.1. The molecule has 2 aromatic carbocycles. The highest BCUT2D eigenvalue weighted by atomic mass is 35.5. The number of rotatable bonds is 7. The molecule has 0 spiro atoms. The molecule has 1 aliphatic heterocycles. The van der Waals surface area contributed by atoms with E-state index in [1.165, 1.54) is 0 Å². The van der Waals surface area contributed by atoms with Crippen molar-refractivity contribution >= 4 is 44.1 Å². The zero-order valence-electron chi connectivity index (χ0n) is 20.2. The van der Waals surface area contributed by atoms with Crippen molar-refractivity contribution in [1.29, 1.82) is 0 Å². The van der Waals surface area contributed by atoms with Crippen LogP contribution in [0, 0.1) is 0 Å². The van der Waals surface area contributed by atoms with E-state index in [1.807, 2.05) is 73.1 Å². The number of sulfone groups is 1. The van der Waals surface area contributed by atoms with E-state index in [0.717, 1.165) is 33.7 Å². The first-order valence-electron chi connectivity index (χ1n) is 11.9. The molecular weight excluding hydrogens is 498 g/mol. The topological polar surface area (TPSA) is 89.4 Å². The molecule has 1 N–H and O–H groups in total. The molecule has 0 aliphatic carbocycles. The number of aromatic nitrogens is 3. The number of ether oxygens (including phenoxy) is 1. The fourth-order valence-electron chi connectivity index (χ4n) is 4.17. The van der Waals surface area contributed by atoms with E-state index in [2.05, 4.69) is 15.2 Å². The predicted octanol–water partition coefficient (Wildman–Crippen LogP) is 4.84. The van der Waals surface area contributed by atoms with Crippen LogP contribution in [0.15, 0.2) is 60.9 Å². The molecule has 0 amide bonds. The summed E-state index contributed by atoms with van der Waals surface area (Å²) < 4.78 is 31.1. The van der Waals surface area contributed by atoms with E-state index in [0.29, 0.717) is 30.6 Å². The predicted molar refractivity (Wildman–Crippen MR) is 143 cm³/mol. The molecule has 188 valence electrons. The molecule has 3 heterocycles. The molecule has 0 unspecified atom stereocenters. The van der Waals surface area contributed by atoms with E-state index in [1.54, 1.807) is 6.20 Å². The van der Waals surface area contributed by atoms with Crippen LogP contribution in [0.5, 0.6) is 5.75 Å². The minimum atomic E-state index is -2.91. The lowest BCUT2D eigenvalue weighted by Gasteiger charge is -2.26. The lowest BCUT2D eigenvalue weighted by Crippen LogP contribution is -2.39. The highest BCUT2D eigenvalue weighted by molar-refractivity contribution is 7.91. The lowest BCUT2D eigenvalue weighted by molar-refractivity contribution is 0.242. The third-order valence-corrected chi connectivity index (χ3v) is 8.02. The fraction of sp³-hybridized carbons (Fsp3) is 0.308. The number of fused-ring (bicyclic) bond motifs is 1. The summed E-state index contributed by atoms with van der Waals surface area (Å²) in [5.41, 5.74) is 3.48. The van der Waals surface area contributed by atoms with Crippen LogP contribution >= 0.6 is 11.6 Å². The Hall–Kier alpha value is -3.14. The van der Waals surface area contributed by atoms with Crippen LogP contribution in [-0.2, 0) is 16.4 Å². The van der Waals surface area contributed by atoms with Gasteiger partial charge in [-0.2, -0.15) is 4.98 Å². The van der Waals surface area contributed by atoms with Crippen LogP contribution in [0.25, 0.3) is 16.7 Å². The van der Waals surface area contributed by atoms with Gasteiger partial charge in [-0.25, -0.2) is 13.4 Å². The van der Waals surface area contributed by atoms with Crippen molar-refractivity contribution in [2.75, 3.05) is 29.9 Å². The van der Waals surface area contributed by atoms with Gasteiger partial charge in [0.2, 0.25) is 5.95 Å². The van der Waals surface area contributed by atoms with Crippen LogP contribution in [-0.4, -0.2) is 58.6 Å². The monoisotopic (exact) mass is 525 g/mol. The molecule has 4 aromatic rings. The number of halogens is 1. The molecule has 1 fully saturated rings. The van der Waals surface area contributed by atoms with Gasteiger partial charge in [-0.05, 0) is 61.9 Å². The molecule has 5 rings (SSSR count). The highest BCUT2D eigenvalue weighted by Gasteiger charge is 2.22. The summed E-state index contributed by atoms with van der Waals surface area (Å²) in [7, 11) is -2.91. The van der Waals surface area contributed by atoms with Crippen molar-refractivity contribution in [1.82, 2.24) is 19.4 Å². The summed E-state index contributed by atoms with van der Waals surface area (Å²) in [5, 5.41) is 4.80. The average molecular weight is 526 g/mol. The van der Waals surface area contributed by atoms with Gasteiger partial charge in [0.05, 0.1) is 17.6 Å². The molecule has 0 radical (unpaired) electrons. The van der Waals surface area contributed by atoms with Crippen molar-refractivity contribution < 1.29 is 13.2 Å². The van der Waals surface area contributed by atoms with E-state index in [-0.39, 0.29) is 17.6 Å². The summed E-state index contributed by atoms with van der Waals surface area (Å²) in [4.78, 5) is 11.3. The Labute approximate surface area is 215 Å². The highest BCUT2D eigenvalue weighted by Crippen LogP contribution is 2.26. The van der Waals surface area contributed by atoms with Crippen molar-refractivity contribution in [3.63, 3.8) is 0 Å². The van der Waals surface area contributed by atoms with Crippen molar-refractivity contribution in [2.24, 2.45) is 0 Å². The van der Waals surface area contributed by atoms with Gasteiger partial charge in [0, 0.05) is 53.8 Å². The zero-order valence-corrected chi connectivity index (χ0v) is 21.8. The third kappa shape index (κ3) is 5.64. The smallest absolute Gasteiger partial charge is 0.229 e. The van der Waals surface area contributed by atoms with Gasteiger partial charge < -0.3 is 14.6 Å². The van der Waals surface area contributed by atoms with E-state index in [4.69, 9.17) is 21.3 Å². The Morgan fingerprint density at radius 1 is 1.08 bits per heavy atom. The molecule has 0 atom stereocenters. The zero-order chi connectivity index (χ0) is 25.3. The maximum Gasteiger partial charge on any atom is 0.229 e. The summed E-state index contributed by atoms with van der Waals surface area (Å²) in [6.07, 6.45) is 3.85. The minimum Gasteiger partial charge on any atom is -0.491 e. The van der Waals surface area contributed by atoms with Gasteiger partial charge in [-0.15, -0.1) is 0 Å². The van der Waals surface area contributed by atoms with Gasteiger partial charge in [-0.1, -0.05) is 17.7 Å². The van der Waals surface area contributed by atoms with Crippen LogP contribution in [0.1, 0.15) is 19.4 Å². The number of hydrogen-bond donors (Lipinski definition) is 1. The number of hydrogen-bond acceptors (Lipinski definition) is 7. The van der Waals surface area contributed by atoms with Gasteiger partial charge in [-0.3, -0.25) is 4.90 Å². The second-order valence-electron chi connectivity index (χ2n) is 9.18.